The highest BCUT2D eigenvalue weighted by molar-refractivity contribution is 6.24. The third-order valence-electron chi connectivity index (χ3n) is 7.88. The average Bonchev–Trinajstić information content (AvgIpc) is 3.24. The van der Waals surface area contributed by atoms with Crippen LogP contribution in [0.3, 0.4) is 0 Å². The second-order valence-electron chi connectivity index (χ2n) is 10.0. The lowest BCUT2D eigenvalue weighted by atomic mass is 10.0. The van der Waals surface area contributed by atoms with Gasteiger partial charge < -0.3 is 19.5 Å². The first-order valence-corrected chi connectivity index (χ1v) is 13.3. The zero-order valence-corrected chi connectivity index (χ0v) is 22.9. The number of benzene rings is 3. The van der Waals surface area contributed by atoms with Crippen LogP contribution in [0.2, 0.25) is 0 Å². The van der Waals surface area contributed by atoms with E-state index in [0.717, 1.165) is 18.0 Å². The van der Waals surface area contributed by atoms with E-state index in [9.17, 15) is 19.5 Å². The van der Waals surface area contributed by atoms with Gasteiger partial charge in [-0.2, -0.15) is 0 Å². The zero-order valence-electron chi connectivity index (χ0n) is 22.9. The van der Waals surface area contributed by atoms with Gasteiger partial charge in [0.15, 0.2) is 11.5 Å². The summed E-state index contributed by atoms with van der Waals surface area (Å²) in [5.74, 6) is -1.27. The number of rotatable bonds is 9. The van der Waals surface area contributed by atoms with Gasteiger partial charge in [0.25, 0.3) is 11.8 Å². The molecule has 9 heteroatoms. The first-order chi connectivity index (χ1) is 19.3. The normalized spacial score (nSPS) is 17.0. The van der Waals surface area contributed by atoms with E-state index in [1.54, 1.807) is 30.3 Å². The molecule has 0 bridgehead atoms. The van der Waals surface area contributed by atoms with Crippen molar-refractivity contribution in [3.05, 3.63) is 89.0 Å². The van der Waals surface area contributed by atoms with E-state index < -0.39 is 30.2 Å². The molecule has 0 saturated carbocycles. The Hall–Kier alpha value is -4.37. The maximum absolute atomic E-state index is 13.9. The van der Waals surface area contributed by atoms with Crippen molar-refractivity contribution < 1.29 is 29.0 Å². The Bertz CT molecular complexity index is 1420. The Morgan fingerprint density at radius 1 is 0.850 bits per heavy atom. The number of carbonyl (C=O) groups excluding carboxylic acids is 2. The minimum Gasteiger partial charge on any atom is -0.493 e. The molecule has 0 spiro atoms. The third kappa shape index (κ3) is 5.00. The molecule has 1 N–H and O–H groups in total. The number of carboxylic acids is 1. The molecular weight excluding hydrogens is 510 g/mol. The van der Waals surface area contributed by atoms with Crippen LogP contribution >= 0.6 is 0 Å². The van der Waals surface area contributed by atoms with E-state index in [0.29, 0.717) is 47.0 Å². The molecule has 0 radical (unpaired) electrons. The Kier molecular flexibility index (Phi) is 7.75. The summed E-state index contributed by atoms with van der Waals surface area (Å²) in [4.78, 5) is 45.1. The quantitative estimate of drug-likeness (QED) is 0.397. The van der Waals surface area contributed by atoms with Crippen LogP contribution in [0, 0.1) is 0 Å². The van der Waals surface area contributed by atoms with E-state index in [-0.39, 0.29) is 6.04 Å². The molecule has 2 aliphatic heterocycles. The molecule has 0 aliphatic carbocycles. The summed E-state index contributed by atoms with van der Waals surface area (Å²) < 4.78 is 10.7. The van der Waals surface area contributed by atoms with Crippen LogP contribution in [0.5, 0.6) is 11.5 Å². The Labute approximate surface area is 233 Å². The molecule has 2 aliphatic rings. The SMILES string of the molecule is COc1ccc([C@H](CC(=O)O)N2C(=O)c3cccc(N4CCN([C@H](C)c5ccccc5)CC4)c3C2=O)cc1OC. The van der Waals surface area contributed by atoms with Crippen molar-refractivity contribution in [3.8, 4) is 11.5 Å². The fourth-order valence-corrected chi connectivity index (χ4v) is 5.71. The lowest BCUT2D eigenvalue weighted by Gasteiger charge is -2.39. The predicted molar refractivity (Wildman–Crippen MR) is 150 cm³/mol. The fraction of sp³-hybridized carbons (Fsp3) is 0.323. The van der Waals surface area contributed by atoms with Gasteiger partial charge in [-0.15, -0.1) is 0 Å². The zero-order chi connectivity index (χ0) is 28.4. The van der Waals surface area contributed by atoms with Crippen molar-refractivity contribution in [3.63, 3.8) is 0 Å². The van der Waals surface area contributed by atoms with Crippen LogP contribution in [0.1, 0.15) is 57.3 Å². The topological polar surface area (TPSA) is 99.6 Å². The maximum atomic E-state index is 13.9. The molecule has 3 aromatic rings. The number of amides is 2. The number of carbonyl (C=O) groups is 3. The molecule has 1 fully saturated rings. The number of imide groups is 1. The predicted octanol–water partition coefficient (Wildman–Crippen LogP) is 4.40. The van der Waals surface area contributed by atoms with Crippen molar-refractivity contribution in [2.75, 3.05) is 45.3 Å². The fourth-order valence-electron chi connectivity index (χ4n) is 5.71. The van der Waals surface area contributed by atoms with E-state index in [2.05, 4.69) is 28.9 Å². The van der Waals surface area contributed by atoms with Gasteiger partial charge in [-0.05, 0) is 42.3 Å². The highest BCUT2D eigenvalue weighted by Crippen LogP contribution is 2.40. The molecule has 208 valence electrons. The largest absolute Gasteiger partial charge is 0.493 e. The molecule has 9 nitrogen and oxygen atoms in total. The van der Waals surface area contributed by atoms with Gasteiger partial charge >= 0.3 is 5.97 Å². The number of hydrogen-bond donors (Lipinski definition) is 1. The molecule has 3 aromatic carbocycles. The molecule has 5 rings (SSSR count). The summed E-state index contributed by atoms with van der Waals surface area (Å²) in [6.07, 6.45) is -0.438. The minimum absolute atomic E-state index is 0.266. The van der Waals surface area contributed by atoms with E-state index in [4.69, 9.17) is 9.47 Å². The second-order valence-corrected chi connectivity index (χ2v) is 10.0. The van der Waals surface area contributed by atoms with Crippen LogP contribution in [0.4, 0.5) is 5.69 Å². The van der Waals surface area contributed by atoms with Crippen molar-refractivity contribution in [1.29, 1.82) is 0 Å². The van der Waals surface area contributed by atoms with Crippen molar-refractivity contribution in [1.82, 2.24) is 9.80 Å². The number of nitrogens with zero attached hydrogens (tertiary/aromatic N) is 3. The Morgan fingerprint density at radius 2 is 1.55 bits per heavy atom. The highest BCUT2D eigenvalue weighted by atomic mass is 16.5. The lowest BCUT2D eigenvalue weighted by Crippen LogP contribution is -2.47. The molecule has 40 heavy (non-hydrogen) atoms. The van der Waals surface area contributed by atoms with Crippen molar-refractivity contribution in [2.45, 2.75) is 25.4 Å². The number of carboxylic acid groups (broad SMARTS) is 1. The standard InChI is InChI=1S/C31H33N3O6/c1-20(21-8-5-4-6-9-21)32-14-16-33(17-15-32)24-11-7-10-23-29(24)31(38)34(30(23)37)25(19-28(35)36)22-12-13-26(39-2)27(18-22)40-3/h4-13,18,20,25H,14-17,19H2,1-3H3,(H,35,36)/t20-,25+/m1/s1. The van der Waals surface area contributed by atoms with E-state index in [1.807, 2.05) is 24.3 Å². The van der Waals surface area contributed by atoms with Gasteiger partial charge in [-0.1, -0.05) is 42.5 Å². The first-order valence-electron chi connectivity index (χ1n) is 13.3. The summed E-state index contributed by atoms with van der Waals surface area (Å²) in [5.41, 5.74) is 3.05. The van der Waals surface area contributed by atoms with Gasteiger partial charge in [0.2, 0.25) is 0 Å². The van der Waals surface area contributed by atoms with Gasteiger partial charge in [-0.3, -0.25) is 24.2 Å². The molecule has 2 heterocycles. The van der Waals surface area contributed by atoms with E-state index >= 15 is 0 Å². The lowest BCUT2D eigenvalue weighted by molar-refractivity contribution is -0.138. The van der Waals surface area contributed by atoms with Crippen LogP contribution in [0.15, 0.2) is 66.7 Å². The summed E-state index contributed by atoms with van der Waals surface area (Å²) in [6, 6.07) is 19.8. The first kappa shape index (κ1) is 27.2. The van der Waals surface area contributed by atoms with Crippen LogP contribution in [0.25, 0.3) is 0 Å². The number of aliphatic carboxylic acids is 1. The highest BCUT2D eigenvalue weighted by Gasteiger charge is 2.44. The number of piperazine rings is 1. The maximum Gasteiger partial charge on any atom is 0.305 e. The number of fused-ring (bicyclic) bond motifs is 1. The van der Waals surface area contributed by atoms with E-state index in [1.165, 1.54) is 19.8 Å². The number of ether oxygens (including phenoxy) is 2. The monoisotopic (exact) mass is 543 g/mol. The minimum atomic E-state index is -1.12. The van der Waals surface area contributed by atoms with Crippen molar-refractivity contribution >= 4 is 23.5 Å². The molecule has 2 amide bonds. The number of hydrogen-bond acceptors (Lipinski definition) is 7. The summed E-state index contributed by atoms with van der Waals surface area (Å²) in [5, 5.41) is 9.71. The Balaban J connectivity index is 1.42. The molecule has 0 aromatic heterocycles. The van der Waals surface area contributed by atoms with Crippen LogP contribution in [-0.2, 0) is 4.79 Å². The van der Waals surface area contributed by atoms with Gasteiger partial charge in [-0.25, -0.2) is 0 Å². The van der Waals surface area contributed by atoms with Crippen LogP contribution in [-0.4, -0.2) is 73.1 Å². The molecular formula is C31H33N3O6. The third-order valence-corrected chi connectivity index (χ3v) is 7.88. The Morgan fingerprint density at radius 3 is 2.20 bits per heavy atom. The summed E-state index contributed by atoms with van der Waals surface area (Å²) >= 11 is 0. The number of anilines is 1. The smallest absolute Gasteiger partial charge is 0.305 e. The van der Waals surface area contributed by atoms with Gasteiger partial charge in [0.1, 0.15) is 0 Å². The second kappa shape index (κ2) is 11.4. The average molecular weight is 544 g/mol. The van der Waals surface area contributed by atoms with Crippen molar-refractivity contribution in [2.24, 2.45) is 0 Å². The summed E-state index contributed by atoms with van der Waals surface area (Å²) in [6.45, 7) is 5.20. The molecule has 2 atom stereocenters. The van der Waals surface area contributed by atoms with Gasteiger partial charge in [0.05, 0.1) is 43.5 Å². The van der Waals surface area contributed by atoms with Crippen LogP contribution < -0.4 is 14.4 Å². The molecule has 1 saturated heterocycles. The number of methoxy groups -OCH3 is 2. The summed E-state index contributed by atoms with van der Waals surface area (Å²) in [7, 11) is 2.97. The molecule has 0 unspecified atom stereocenters. The van der Waals surface area contributed by atoms with Gasteiger partial charge in [0, 0.05) is 32.2 Å².